The van der Waals surface area contributed by atoms with E-state index in [0.29, 0.717) is 0 Å². The summed E-state index contributed by atoms with van der Waals surface area (Å²) in [4.78, 5) is 20.9. The first kappa shape index (κ1) is 16.7. The van der Waals surface area contributed by atoms with E-state index in [1.165, 1.54) is 6.07 Å². The van der Waals surface area contributed by atoms with Gasteiger partial charge in [-0.1, -0.05) is 0 Å². The van der Waals surface area contributed by atoms with E-state index in [1.807, 2.05) is 0 Å². The van der Waals surface area contributed by atoms with Gasteiger partial charge in [0.25, 0.3) is 10.1 Å². The summed E-state index contributed by atoms with van der Waals surface area (Å²) < 4.78 is 31.0. The predicted molar refractivity (Wildman–Crippen MR) is 71.4 cm³/mol. The Morgan fingerprint density at radius 1 is 1.33 bits per heavy atom. The van der Waals surface area contributed by atoms with Crippen molar-refractivity contribution in [2.75, 3.05) is 5.32 Å². The maximum absolute atomic E-state index is 11.0. The molecule has 1 rings (SSSR count). The van der Waals surface area contributed by atoms with Gasteiger partial charge >= 0.3 is 5.97 Å². The number of aromatic hydroxyl groups is 1. The minimum atomic E-state index is -4.65. The molecular weight excluding hydrogens is 304 g/mol. The topological polar surface area (TPSA) is 167 Å². The molecule has 0 saturated carbocycles. The Bertz CT molecular complexity index is 657. The number of aliphatic carboxylic acids is 1. The molecule has 116 valence electrons. The monoisotopic (exact) mass is 318 g/mol. The van der Waals surface area contributed by atoms with Crippen molar-refractivity contribution >= 4 is 27.7 Å². The molecule has 1 aromatic carbocycles. The number of hydrogen-bond donors (Lipinski definition) is 5. The van der Waals surface area contributed by atoms with E-state index in [-0.39, 0.29) is 18.5 Å². The van der Waals surface area contributed by atoms with E-state index in [4.69, 9.17) is 15.4 Å². The summed E-state index contributed by atoms with van der Waals surface area (Å²) >= 11 is 0. The van der Waals surface area contributed by atoms with Crippen LogP contribution in [0.1, 0.15) is 12.8 Å². The Balaban J connectivity index is 3.00. The molecule has 0 aromatic heterocycles. The fraction of sp³-hybridized carbons (Fsp3) is 0.273. The third-order valence-electron chi connectivity index (χ3n) is 2.56. The summed E-state index contributed by atoms with van der Waals surface area (Å²) in [5.41, 5.74) is 4.97. The Morgan fingerprint density at radius 2 is 1.95 bits per heavy atom. The van der Waals surface area contributed by atoms with Crippen molar-refractivity contribution in [2.24, 2.45) is 5.73 Å². The molecule has 0 bridgehead atoms. The number of hydrogen-bond acceptors (Lipinski definition) is 6. The molecule has 1 atom stereocenters. The van der Waals surface area contributed by atoms with Gasteiger partial charge in [0.05, 0.1) is 0 Å². The number of nitrogens with two attached hydrogens (primary N) is 1. The summed E-state index contributed by atoms with van der Waals surface area (Å²) in [5, 5.41) is 20.8. The van der Waals surface area contributed by atoms with Crippen molar-refractivity contribution in [1.82, 2.24) is 0 Å². The molecule has 0 unspecified atom stereocenters. The van der Waals surface area contributed by atoms with Gasteiger partial charge in [-0.25, -0.2) is 4.79 Å². The summed E-state index contributed by atoms with van der Waals surface area (Å²) in [6.45, 7) is 0. The standard InChI is InChI=1S/C11H14N2O7S/c12-10(15)4-2-7(11(16)17)13-6-1-3-8(14)9(5-6)21(18,19)20/h1,3,5,7,13-14H,2,4H2,(H2,12,15)(H,16,17)(H,18,19,20)/t7-/m0/s1. The van der Waals surface area contributed by atoms with Crippen LogP contribution in [0, 0.1) is 0 Å². The van der Waals surface area contributed by atoms with Crippen LogP contribution in [0.15, 0.2) is 23.1 Å². The molecular formula is C11H14N2O7S. The number of benzene rings is 1. The SMILES string of the molecule is NC(=O)CC[C@H](Nc1ccc(O)c(S(=O)(=O)O)c1)C(=O)O. The molecule has 10 heteroatoms. The molecule has 1 amide bonds. The average Bonchev–Trinajstić information content (AvgIpc) is 2.34. The molecule has 0 spiro atoms. The van der Waals surface area contributed by atoms with Gasteiger partial charge in [0, 0.05) is 12.1 Å². The van der Waals surface area contributed by atoms with Crippen LogP contribution in [-0.4, -0.2) is 41.1 Å². The van der Waals surface area contributed by atoms with Crippen molar-refractivity contribution in [3.8, 4) is 5.75 Å². The van der Waals surface area contributed by atoms with E-state index < -0.39 is 38.7 Å². The summed E-state index contributed by atoms with van der Waals surface area (Å²) in [5.74, 6) is -2.61. The van der Waals surface area contributed by atoms with Crippen LogP contribution in [0.2, 0.25) is 0 Å². The second-order valence-corrected chi connectivity index (χ2v) is 5.59. The zero-order valence-electron chi connectivity index (χ0n) is 10.7. The number of anilines is 1. The summed E-state index contributed by atoms with van der Waals surface area (Å²) in [7, 11) is -4.65. The lowest BCUT2D eigenvalue weighted by Gasteiger charge is -2.15. The van der Waals surface area contributed by atoms with Crippen LogP contribution in [0.25, 0.3) is 0 Å². The first-order chi connectivity index (χ1) is 9.61. The van der Waals surface area contributed by atoms with Gasteiger partial charge in [-0.15, -0.1) is 0 Å². The average molecular weight is 318 g/mol. The third kappa shape index (κ3) is 4.93. The van der Waals surface area contributed by atoms with Crippen LogP contribution in [-0.2, 0) is 19.7 Å². The number of phenols is 1. The highest BCUT2D eigenvalue weighted by Gasteiger charge is 2.20. The quantitative estimate of drug-likeness (QED) is 0.339. The number of carboxylic acids is 1. The molecule has 21 heavy (non-hydrogen) atoms. The van der Waals surface area contributed by atoms with E-state index in [0.717, 1.165) is 12.1 Å². The fourth-order valence-electron chi connectivity index (χ4n) is 1.56. The minimum Gasteiger partial charge on any atom is -0.506 e. The maximum Gasteiger partial charge on any atom is 0.326 e. The normalized spacial score (nSPS) is 12.6. The minimum absolute atomic E-state index is 0.0392. The number of nitrogens with one attached hydrogen (secondary N) is 1. The molecule has 0 aliphatic rings. The second-order valence-electron chi connectivity index (χ2n) is 4.20. The van der Waals surface area contributed by atoms with Crippen molar-refractivity contribution in [3.05, 3.63) is 18.2 Å². The van der Waals surface area contributed by atoms with Crippen LogP contribution in [0.5, 0.6) is 5.75 Å². The first-order valence-electron chi connectivity index (χ1n) is 5.69. The molecule has 9 nitrogen and oxygen atoms in total. The molecule has 1 aromatic rings. The highest BCUT2D eigenvalue weighted by atomic mass is 32.2. The van der Waals surface area contributed by atoms with Crippen molar-refractivity contribution in [1.29, 1.82) is 0 Å². The highest BCUT2D eigenvalue weighted by Crippen LogP contribution is 2.26. The van der Waals surface area contributed by atoms with Crippen molar-refractivity contribution in [3.63, 3.8) is 0 Å². The fourth-order valence-corrected chi connectivity index (χ4v) is 2.16. The summed E-state index contributed by atoms with van der Waals surface area (Å²) in [6.07, 6.45) is -0.278. The molecule has 0 aliphatic carbocycles. The zero-order chi connectivity index (χ0) is 16.2. The van der Waals surface area contributed by atoms with Gasteiger partial charge in [0.2, 0.25) is 5.91 Å². The largest absolute Gasteiger partial charge is 0.506 e. The number of amides is 1. The number of phenolic OH excluding ortho intramolecular Hbond substituents is 1. The van der Waals surface area contributed by atoms with Crippen molar-refractivity contribution < 1.29 is 32.8 Å². The molecule has 0 saturated heterocycles. The van der Waals surface area contributed by atoms with Crippen LogP contribution >= 0.6 is 0 Å². The van der Waals surface area contributed by atoms with Gasteiger partial charge in [0.15, 0.2) is 0 Å². The van der Waals surface area contributed by atoms with Gasteiger partial charge < -0.3 is 21.3 Å². The smallest absolute Gasteiger partial charge is 0.326 e. The Morgan fingerprint density at radius 3 is 2.43 bits per heavy atom. The summed E-state index contributed by atoms with van der Waals surface area (Å²) in [6, 6.07) is 1.91. The molecule has 0 radical (unpaired) electrons. The highest BCUT2D eigenvalue weighted by molar-refractivity contribution is 7.86. The van der Waals surface area contributed by atoms with Crippen LogP contribution in [0.4, 0.5) is 5.69 Å². The third-order valence-corrected chi connectivity index (χ3v) is 3.44. The van der Waals surface area contributed by atoms with Crippen LogP contribution in [0.3, 0.4) is 0 Å². The lowest BCUT2D eigenvalue weighted by molar-refractivity contribution is -0.138. The van der Waals surface area contributed by atoms with Gasteiger partial charge in [-0.2, -0.15) is 8.42 Å². The lowest BCUT2D eigenvalue weighted by Crippen LogP contribution is -2.30. The molecule has 0 aliphatic heterocycles. The second kappa shape index (κ2) is 6.41. The van der Waals surface area contributed by atoms with E-state index in [1.54, 1.807) is 0 Å². The van der Waals surface area contributed by atoms with Gasteiger partial charge in [0.1, 0.15) is 16.7 Å². The number of carbonyl (C=O) groups excluding carboxylic acids is 1. The molecule has 0 heterocycles. The maximum atomic E-state index is 11.0. The number of carboxylic acid groups (broad SMARTS) is 1. The van der Waals surface area contributed by atoms with Gasteiger partial charge in [-0.3, -0.25) is 9.35 Å². The molecule has 6 N–H and O–H groups in total. The number of carbonyl (C=O) groups is 2. The van der Waals surface area contributed by atoms with E-state index in [2.05, 4.69) is 5.32 Å². The first-order valence-corrected chi connectivity index (χ1v) is 7.13. The van der Waals surface area contributed by atoms with E-state index >= 15 is 0 Å². The Kier molecular flexibility index (Phi) is 5.11. The molecule has 0 fully saturated rings. The number of primary amides is 1. The predicted octanol–water partition coefficient (Wildman–Crippen LogP) is -0.231. The zero-order valence-corrected chi connectivity index (χ0v) is 11.5. The van der Waals surface area contributed by atoms with Gasteiger partial charge in [-0.05, 0) is 24.6 Å². The van der Waals surface area contributed by atoms with Crippen LogP contribution < -0.4 is 11.1 Å². The van der Waals surface area contributed by atoms with E-state index in [9.17, 15) is 23.1 Å². The van der Waals surface area contributed by atoms with Crippen molar-refractivity contribution in [2.45, 2.75) is 23.8 Å². The Hall–Kier alpha value is -2.33. The lowest BCUT2D eigenvalue weighted by atomic mass is 10.1. The Labute approximate surface area is 120 Å². The number of rotatable bonds is 7.